The van der Waals surface area contributed by atoms with Gasteiger partial charge in [-0.25, -0.2) is 8.78 Å². The van der Waals surface area contributed by atoms with Gasteiger partial charge in [0.05, 0.1) is 5.69 Å². The number of hydrogen-bond acceptors (Lipinski definition) is 2. The van der Waals surface area contributed by atoms with E-state index in [1.165, 1.54) is 4.68 Å². The number of rotatable bonds is 3. The maximum atomic E-state index is 12.0. The molecule has 1 aromatic rings. The molecule has 1 N–H and O–H groups in total. The van der Waals surface area contributed by atoms with Gasteiger partial charge in [-0.05, 0) is 13.0 Å². The van der Waals surface area contributed by atoms with E-state index in [0.29, 0.717) is 5.69 Å². The molecular weight excluding hydrogens is 178 g/mol. The van der Waals surface area contributed by atoms with E-state index in [4.69, 9.17) is 5.11 Å². The van der Waals surface area contributed by atoms with E-state index >= 15 is 0 Å². The molecular formula is C8H12F2N2O. The zero-order valence-electron chi connectivity index (χ0n) is 7.54. The summed E-state index contributed by atoms with van der Waals surface area (Å²) < 4.78 is 25.4. The number of hydrogen-bond donors (Lipinski definition) is 1. The third-order valence-electron chi connectivity index (χ3n) is 1.81. The number of aryl methyl sites for hydroxylation is 2. The molecule has 0 bridgehead atoms. The summed E-state index contributed by atoms with van der Waals surface area (Å²) >= 11 is 0. The fourth-order valence-corrected chi connectivity index (χ4v) is 1.16. The molecule has 0 radical (unpaired) electrons. The van der Waals surface area contributed by atoms with Crippen LogP contribution in [0.3, 0.4) is 0 Å². The Morgan fingerprint density at radius 3 is 2.62 bits per heavy atom. The molecule has 1 aromatic heterocycles. The molecule has 0 fully saturated rings. The molecule has 1 unspecified atom stereocenters. The van der Waals surface area contributed by atoms with Gasteiger partial charge < -0.3 is 5.11 Å². The number of aliphatic hydroxyl groups is 1. The zero-order chi connectivity index (χ0) is 10.0. The summed E-state index contributed by atoms with van der Waals surface area (Å²) in [5, 5.41) is 12.9. The van der Waals surface area contributed by atoms with E-state index in [0.717, 1.165) is 5.69 Å². The van der Waals surface area contributed by atoms with Crippen LogP contribution in [0.1, 0.15) is 11.4 Å². The summed E-state index contributed by atoms with van der Waals surface area (Å²) in [5.41, 5.74) is 1.38. The van der Waals surface area contributed by atoms with Crippen molar-refractivity contribution in [2.75, 3.05) is 0 Å². The topological polar surface area (TPSA) is 38.0 Å². The lowest BCUT2D eigenvalue weighted by molar-refractivity contribution is -0.00459. The van der Waals surface area contributed by atoms with Gasteiger partial charge in [-0.15, -0.1) is 0 Å². The molecule has 1 rings (SSSR count). The van der Waals surface area contributed by atoms with Gasteiger partial charge in [0.2, 0.25) is 0 Å². The van der Waals surface area contributed by atoms with Crippen LogP contribution in [0.25, 0.3) is 0 Å². The Kier molecular flexibility index (Phi) is 2.98. The predicted molar refractivity (Wildman–Crippen MR) is 43.7 cm³/mol. The van der Waals surface area contributed by atoms with Gasteiger partial charge in [0, 0.05) is 19.2 Å². The van der Waals surface area contributed by atoms with Crippen molar-refractivity contribution in [2.45, 2.75) is 25.9 Å². The first-order valence-electron chi connectivity index (χ1n) is 3.96. The minimum atomic E-state index is -2.70. The van der Waals surface area contributed by atoms with Crippen molar-refractivity contribution in [3.8, 4) is 0 Å². The molecule has 0 aromatic carbocycles. The monoisotopic (exact) mass is 190 g/mol. The molecule has 5 heteroatoms. The summed E-state index contributed by atoms with van der Waals surface area (Å²) in [7, 11) is 1.67. The van der Waals surface area contributed by atoms with Crippen LogP contribution in [0.4, 0.5) is 8.78 Å². The van der Waals surface area contributed by atoms with Crippen LogP contribution in [-0.4, -0.2) is 27.4 Å². The summed E-state index contributed by atoms with van der Waals surface area (Å²) in [6, 6.07) is 1.69. The van der Waals surface area contributed by atoms with E-state index in [1.807, 2.05) is 0 Å². The highest BCUT2D eigenvalue weighted by Gasteiger charge is 2.18. The third-order valence-corrected chi connectivity index (χ3v) is 1.81. The van der Waals surface area contributed by atoms with Crippen molar-refractivity contribution in [3.63, 3.8) is 0 Å². The quantitative estimate of drug-likeness (QED) is 0.768. The smallest absolute Gasteiger partial charge is 0.264 e. The standard InChI is InChI=1S/C8H12F2N2O/c1-5-3-6(12(2)11-5)4-7(13)8(9)10/h3,7-8,13H,4H2,1-2H3. The Bertz CT molecular complexity index is 286. The average Bonchev–Trinajstić information content (AvgIpc) is 2.30. The number of halogens is 2. The number of nitrogens with zero attached hydrogens (tertiary/aromatic N) is 2. The summed E-state index contributed by atoms with van der Waals surface area (Å²) in [6.45, 7) is 1.78. The molecule has 74 valence electrons. The van der Waals surface area contributed by atoms with Gasteiger partial charge in [0.15, 0.2) is 0 Å². The van der Waals surface area contributed by atoms with Crippen LogP contribution in [0, 0.1) is 6.92 Å². The van der Waals surface area contributed by atoms with Crippen molar-refractivity contribution in [2.24, 2.45) is 7.05 Å². The van der Waals surface area contributed by atoms with Crippen LogP contribution in [0.2, 0.25) is 0 Å². The first-order valence-corrected chi connectivity index (χ1v) is 3.96. The highest BCUT2D eigenvalue weighted by atomic mass is 19.3. The Morgan fingerprint density at radius 1 is 1.62 bits per heavy atom. The molecule has 0 aliphatic rings. The van der Waals surface area contributed by atoms with Gasteiger partial charge in [-0.1, -0.05) is 0 Å². The molecule has 0 saturated heterocycles. The molecule has 0 amide bonds. The van der Waals surface area contributed by atoms with E-state index in [9.17, 15) is 8.78 Å². The SMILES string of the molecule is Cc1cc(CC(O)C(F)F)n(C)n1. The van der Waals surface area contributed by atoms with Crippen molar-refractivity contribution in [1.82, 2.24) is 9.78 Å². The van der Waals surface area contributed by atoms with Crippen LogP contribution in [-0.2, 0) is 13.5 Å². The van der Waals surface area contributed by atoms with Crippen molar-refractivity contribution < 1.29 is 13.9 Å². The van der Waals surface area contributed by atoms with Crippen LogP contribution in [0.15, 0.2) is 6.07 Å². The minimum Gasteiger partial charge on any atom is -0.387 e. The second kappa shape index (κ2) is 3.83. The lowest BCUT2D eigenvalue weighted by Crippen LogP contribution is -2.21. The van der Waals surface area contributed by atoms with Gasteiger partial charge in [0.25, 0.3) is 6.43 Å². The normalized spacial score (nSPS) is 13.7. The zero-order valence-corrected chi connectivity index (χ0v) is 7.54. The average molecular weight is 190 g/mol. The van der Waals surface area contributed by atoms with Crippen molar-refractivity contribution >= 4 is 0 Å². The molecule has 13 heavy (non-hydrogen) atoms. The van der Waals surface area contributed by atoms with E-state index in [-0.39, 0.29) is 6.42 Å². The summed E-state index contributed by atoms with van der Waals surface area (Å²) in [5.74, 6) is 0. The van der Waals surface area contributed by atoms with Gasteiger partial charge in [-0.2, -0.15) is 5.10 Å². The van der Waals surface area contributed by atoms with Gasteiger partial charge in [0.1, 0.15) is 6.10 Å². The first kappa shape index (κ1) is 10.1. The molecule has 1 atom stereocenters. The van der Waals surface area contributed by atoms with E-state index in [1.54, 1.807) is 20.0 Å². The van der Waals surface area contributed by atoms with Gasteiger partial charge in [-0.3, -0.25) is 4.68 Å². The molecule has 1 heterocycles. The summed E-state index contributed by atoms with van der Waals surface area (Å²) in [6.07, 6.45) is -4.36. The van der Waals surface area contributed by atoms with Crippen molar-refractivity contribution in [1.29, 1.82) is 0 Å². The maximum Gasteiger partial charge on any atom is 0.264 e. The lowest BCUT2D eigenvalue weighted by atomic mass is 10.2. The molecule has 0 saturated carbocycles. The number of aromatic nitrogens is 2. The Labute approximate surface area is 75.0 Å². The fraction of sp³-hybridized carbons (Fsp3) is 0.625. The van der Waals surface area contributed by atoms with Crippen LogP contribution in [0.5, 0.6) is 0 Å². The third kappa shape index (κ3) is 2.48. The summed E-state index contributed by atoms with van der Waals surface area (Å²) in [4.78, 5) is 0. The molecule has 0 aliphatic heterocycles. The highest BCUT2D eigenvalue weighted by Crippen LogP contribution is 2.09. The largest absolute Gasteiger partial charge is 0.387 e. The van der Waals surface area contributed by atoms with Crippen molar-refractivity contribution in [3.05, 3.63) is 17.5 Å². The lowest BCUT2D eigenvalue weighted by Gasteiger charge is -2.08. The van der Waals surface area contributed by atoms with Gasteiger partial charge >= 0.3 is 0 Å². The molecule has 0 aliphatic carbocycles. The van der Waals surface area contributed by atoms with E-state index in [2.05, 4.69) is 5.10 Å². The first-order chi connectivity index (χ1) is 6.00. The van der Waals surface area contributed by atoms with E-state index < -0.39 is 12.5 Å². The van der Waals surface area contributed by atoms with Crippen LogP contribution >= 0.6 is 0 Å². The Morgan fingerprint density at radius 2 is 2.23 bits per heavy atom. The maximum absolute atomic E-state index is 12.0. The molecule has 3 nitrogen and oxygen atoms in total. The number of aliphatic hydroxyl groups excluding tert-OH is 1. The Hall–Kier alpha value is -0.970. The molecule has 0 spiro atoms. The highest BCUT2D eigenvalue weighted by molar-refractivity contribution is 5.09. The predicted octanol–water partition coefficient (Wildman–Crippen LogP) is 0.897. The number of alkyl halides is 2. The Balaban J connectivity index is 2.68. The van der Waals surface area contributed by atoms with Crippen LogP contribution < -0.4 is 0 Å². The minimum absolute atomic E-state index is 0.0605. The second-order valence-electron chi connectivity index (χ2n) is 3.01. The second-order valence-corrected chi connectivity index (χ2v) is 3.01. The fourth-order valence-electron chi connectivity index (χ4n) is 1.16.